The van der Waals surface area contributed by atoms with E-state index in [1.807, 2.05) is 18.2 Å². The van der Waals surface area contributed by atoms with E-state index >= 15 is 0 Å². The van der Waals surface area contributed by atoms with Gasteiger partial charge in [-0.1, -0.05) is 48.0 Å². The summed E-state index contributed by atoms with van der Waals surface area (Å²) in [5.74, 6) is 0. The zero-order chi connectivity index (χ0) is 18.9. The Balaban J connectivity index is 0.00000205. The smallest absolute Gasteiger partial charge is 0.175 e. The van der Waals surface area contributed by atoms with Gasteiger partial charge >= 0.3 is 0 Å². The van der Waals surface area contributed by atoms with Gasteiger partial charge in [-0.2, -0.15) is 0 Å². The van der Waals surface area contributed by atoms with E-state index in [-0.39, 0.29) is 12.4 Å². The van der Waals surface area contributed by atoms with Crippen LogP contribution >= 0.6 is 11.6 Å². The average molecular weight is 423 g/mol. The number of benzene rings is 2. The van der Waals surface area contributed by atoms with E-state index < -0.39 is 0 Å². The van der Waals surface area contributed by atoms with Gasteiger partial charge in [0, 0.05) is 33.8 Å². The Bertz CT molecular complexity index is 1150. The van der Waals surface area contributed by atoms with Gasteiger partial charge in [-0.15, -0.1) is 0 Å². The minimum atomic E-state index is 0. The van der Waals surface area contributed by atoms with Crippen LogP contribution in [0.1, 0.15) is 35.2 Å². The maximum Gasteiger partial charge on any atom is 0.175 e. The van der Waals surface area contributed by atoms with Gasteiger partial charge in [-0.25, -0.2) is 4.57 Å². The second-order valence-corrected chi connectivity index (χ2v) is 8.12. The summed E-state index contributed by atoms with van der Waals surface area (Å²) >= 11 is 6.36. The highest BCUT2D eigenvalue weighted by molar-refractivity contribution is 6.31. The number of fused-ring (bicyclic) bond motifs is 3. The number of aryl methyl sites for hydroxylation is 1. The first-order chi connectivity index (χ1) is 13.8. The van der Waals surface area contributed by atoms with Crippen molar-refractivity contribution in [3.8, 4) is 0 Å². The molecule has 4 aromatic rings. The SMILES string of the molecule is Clc1ccccc1C[n+]1cccc(Cn2c3c(c4ccccc42)CCCC3)c1.[Cl-]. The van der Waals surface area contributed by atoms with Crippen molar-refractivity contribution in [1.29, 1.82) is 0 Å². The van der Waals surface area contributed by atoms with Crippen LogP contribution in [0.25, 0.3) is 10.9 Å². The lowest BCUT2D eigenvalue weighted by Gasteiger charge is -2.16. The first-order valence-electron chi connectivity index (χ1n) is 10.1. The van der Waals surface area contributed by atoms with E-state index in [1.54, 1.807) is 5.56 Å². The normalized spacial score (nSPS) is 13.1. The number of pyridine rings is 1. The van der Waals surface area contributed by atoms with Crippen LogP contribution in [0.3, 0.4) is 0 Å². The molecule has 0 radical (unpaired) electrons. The van der Waals surface area contributed by atoms with E-state index in [0.717, 1.165) is 23.7 Å². The molecule has 2 heterocycles. The van der Waals surface area contributed by atoms with Gasteiger partial charge in [0.2, 0.25) is 0 Å². The number of nitrogens with zero attached hydrogens (tertiary/aromatic N) is 2. The second-order valence-electron chi connectivity index (χ2n) is 7.71. The molecule has 0 amide bonds. The highest BCUT2D eigenvalue weighted by Crippen LogP contribution is 2.32. The molecule has 0 bridgehead atoms. The molecule has 1 aliphatic rings. The van der Waals surface area contributed by atoms with E-state index in [0.29, 0.717) is 0 Å². The fraction of sp³-hybridized carbons (Fsp3) is 0.240. The van der Waals surface area contributed by atoms with Crippen LogP contribution in [0.5, 0.6) is 0 Å². The van der Waals surface area contributed by atoms with Gasteiger partial charge in [0.25, 0.3) is 0 Å². The number of hydrogen-bond acceptors (Lipinski definition) is 0. The summed E-state index contributed by atoms with van der Waals surface area (Å²) in [5.41, 5.74) is 6.95. The number of halogens is 2. The summed E-state index contributed by atoms with van der Waals surface area (Å²) in [6, 6.07) is 21.3. The zero-order valence-electron chi connectivity index (χ0n) is 16.3. The monoisotopic (exact) mass is 422 g/mol. The predicted octanol–water partition coefficient (Wildman–Crippen LogP) is 2.56. The lowest BCUT2D eigenvalue weighted by atomic mass is 9.95. The molecule has 0 aliphatic heterocycles. The molecule has 0 spiro atoms. The molecule has 1 aliphatic carbocycles. The highest BCUT2D eigenvalue weighted by atomic mass is 35.5. The molecule has 2 nitrogen and oxygen atoms in total. The number of rotatable bonds is 4. The van der Waals surface area contributed by atoms with Crippen LogP contribution in [0.15, 0.2) is 73.1 Å². The summed E-state index contributed by atoms with van der Waals surface area (Å²) < 4.78 is 4.77. The lowest BCUT2D eigenvalue weighted by Crippen LogP contribution is -3.00. The van der Waals surface area contributed by atoms with Gasteiger partial charge in [-0.05, 0) is 49.4 Å². The van der Waals surface area contributed by atoms with Crippen molar-refractivity contribution >= 4 is 22.5 Å². The molecule has 0 N–H and O–H groups in total. The number of hydrogen-bond donors (Lipinski definition) is 0. The zero-order valence-corrected chi connectivity index (χ0v) is 17.8. The van der Waals surface area contributed by atoms with Crippen molar-refractivity contribution in [2.24, 2.45) is 0 Å². The summed E-state index contributed by atoms with van der Waals surface area (Å²) in [5, 5.41) is 2.27. The maximum atomic E-state index is 6.36. The van der Waals surface area contributed by atoms with Crippen molar-refractivity contribution in [3.63, 3.8) is 0 Å². The maximum absolute atomic E-state index is 6.36. The minimum absolute atomic E-state index is 0. The molecule has 0 fully saturated rings. The fourth-order valence-electron chi connectivity index (χ4n) is 4.54. The van der Waals surface area contributed by atoms with Gasteiger partial charge in [0.05, 0.1) is 11.6 Å². The summed E-state index contributed by atoms with van der Waals surface area (Å²) in [7, 11) is 0. The van der Waals surface area contributed by atoms with Crippen LogP contribution < -0.4 is 17.0 Å². The molecule has 29 heavy (non-hydrogen) atoms. The molecule has 0 unspecified atom stereocenters. The Kier molecular flexibility index (Phi) is 5.94. The Morgan fingerprint density at radius 1 is 0.897 bits per heavy atom. The summed E-state index contributed by atoms with van der Waals surface area (Å²) in [6.07, 6.45) is 9.39. The fourth-order valence-corrected chi connectivity index (χ4v) is 4.74. The van der Waals surface area contributed by atoms with E-state index in [4.69, 9.17) is 11.6 Å². The minimum Gasteiger partial charge on any atom is -1.00 e. The molecular weight excluding hydrogens is 399 g/mol. The Morgan fingerprint density at radius 3 is 2.59 bits per heavy atom. The molecule has 0 saturated heterocycles. The summed E-state index contributed by atoms with van der Waals surface area (Å²) in [6.45, 7) is 1.71. The quantitative estimate of drug-likeness (QED) is 0.447. The molecule has 0 saturated carbocycles. The topological polar surface area (TPSA) is 8.81 Å². The Morgan fingerprint density at radius 2 is 1.69 bits per heavy atom. The standard InChI is InChI=1S/C25H24ClN2.ClH/c26-23-12-4-1-9-20(23)18-27-15-7-8-19(16-27)17-28-24-13-5-2-10-21(24)22-11-3-6-14-25(22)28;/h1-2,4-5,7-10,12-13,15-16H,3,6,11,14,17-18H2;1H/q+1;/p-1. The third kappa shape index (κ3) is 3.92. The Labute approximate surface area is 183 Å². The third-order valence-corrected chi connectivity index (χ3v) is 6.22. The molecule has 148 valence electrons. The molecule has 2 aromatic carbocycles. The average Bonchev–Trinajstić information content (AvgIpc) is 3.04. The van der Waals surface area contributed by atoms with Crippen molar-refractivity contribution < 1.29 is 17.0 Å². The molecule has 4 heteroatoms. The van der Waals surface area contributed by atoms with Crippen LogP contribution in [-0.4, -0.2) is 4.57 Å². The van der Waals surface area contributed by atoms with E-state index in [2.05, 4.69) is 64.0 Å². The largest absolute Gasteiger partial charge is 1.00 e. The van der Waals surface area contributed by atoms with Crippen LogP contribution in [0.2, 0.25) is 5.02 Å². The second kappa shape index (κ2) is 8.61. The molecular formula is C25H24Cl2N2. The van der Waals surface area contributed by atoms with Crippen molar-refractivity contribution in [3.05, 3.63) is 100 Å². The highest BCUT2D eigenvalue weighted by Gasteiger charge is 2.20. The van der Waals surface area contributed by atoms with Gasteiger partial charge in [0.15, 0.2) is 18.9 Å². The van der Waals surface area contributed by atoms with Gasteiger partial charge < -0.3 is 17.0 Å². The third-order valence-electron chi connectivity index (χ3n) is 5.86. The van der Waals surface area contributed by atoms with Crippen LogP contribution in [0, 0.1) is 0 Å². The van der Waals surface area contributed by atoms with Crippen LogP contribution in [0.4, 0.5) is 0 Å². The van der Waals surface area contributed by atoms with Crippen molar-refractivity contribution in [2.75, 3.05) is 0 Å². The van der Waals surface area contributed by atoms with Crippen molar-refractivity contribution in [2.45, 2.75) is 38.8 Å². The predicted molar refractivity (Wildman–Crippen MR) is 115 cm³/mol. The molecule has 2 aromatic heterocycles. The van der Waals surface area contributed by atoms with Gasteiger partial charge in [-0.3, -0.25) is 0 Å². The number of para-hydroxylation sites is 1. The Hall–Kier alpha value is -2.29. The van der Waals surface area contributed by atoms with Gasteiger partial charge in [0.1, 0.15) is 0 Å². The first-order valence-corrected chi connectivity index (χ1v) is 10.5. The van der Waals surface area contributed by atoms with Crippen LogP contribution in [-0.2, 0) is 25.9 Å². The first kappa shape index (κ1) is 20.0. The lowest BCUT2D eigenvalue weighted by molar-refractivity contribution is -0.688. The van der Waals surface area contributed by atoms with E-state index in [1.165, 1.54) is 47.8 Å². The van der Waals surface area contributed by atoms with E-state index in [9.17, 15) is 0 Å². The molecule has 0 atom stereocenters. The number of aromatic nitrogens is 2. The summed E-state index contributed by atoms with van der Waals surface area (Å²) in [4.78, 5) is 0. The molecule has 5 rings (SSSR count). The van der Waals surface area contributed by atoms with Crippen molar-refractivity contribution in [1.82, 2.24) is 4.57 Å².